The van der Waals surface area contributed by atoms with Crippen LogP contribution in [0.1, 0.15) is 36.1 Å². The van der Waals surface area contributed by atoms with Crippen LogP contribution in [0, 0.1) is 6.92 Å². The van der Waals surface area contributed by atoms with Gasteiger partial charge in [0.15, 0.2) is 16.6 Å². The maximum atomic E-state index is 13.6. The van der Waals surface area contributed by atoms with Gasteiger partial charge in [0, 0.05) is 5.56 Å². The Morgan fingerprint density at radius 1 is 1.08 bits per heavy atom. The van der Waals surface area contributed by atoms with E-state index < -0.39 is 17.7 Å². The number of anilines is 1. The summed E-state index contributed by atoms with van der Waals surface area (Å²) in [6.07, 6.45) is 0.831. The fourth-order valence-corrected chi connectivity index (χ4v) is 5.90. The zero-order valence-electron chi connectivity index (χ0n) is 21.5. The topological polar surface area (TPSA) is 98.2 Å². The molecule has 0 bridgehead atoms. The number of amides is 1. The van der Waals surface area contributed by atoms with E-state index in [2.05, 4.69) is 0 Å². The largest absolute Gasteiger partial charge is 0.507 e. The van der Waals surface area contributed by atoms with Crippen molar-refractivity contribution in [1.29, 1.82) is 0 Å². The Labute approximate surface area is 229 Å². The number of fused-ring (bicyclic) bond motifs is 2. The van der Waals surface area contributed by atoms with Crippen LogP contribution in [0.3, 0.4) is 0 Å². The van der Waals surface area contributed by atoms with Crippen molar-refractivity contribution in [2.45, 2.75) is 26.3 Å². The Bertz CT molecular complexity index is 1640. The SMILES string of the molecule is CCCOc1cccc([C@@H]2C(=C(O)c3ccc4c(c3)OCCO4)C(=O)C(=O)N2c2nc3ccc(C)cc3s2)c1. The summed E-state index contributed by atoms with van der Waals surface area (Å²) in [5, 5.41) is 11.9. The Morgan fingerprint density at radius 2 is 1.90 bits per heavy atom. The van der Waals surface area contributed by atoms with E-state index in [1.54, 1.807) is 24.3 Å². The number of carbonyl (C=O) groups is 2. The van der Waals surface area contributed by atoms with Gasteiger partial charge in [0.05, 0.1) is 28.4 Å². The van der Waals surface area contributed by atoms with Crippen LogP contribution in [0.4, 0.5) is 5.13 Å². The number of aliphatic hydroxyl groups is 1. The molecule has 0 aliphatic carbocycles. The average Bonchev–Trinajstić information content (AvgIpc) is 3.48. The summed E-state index contributed by atoms with van der Waals surface area (Å²) in [6.45, 7) is 5.34. The third kappa shape index (κ3) is 4.48. The van der Waals surface area contributed by atoms with Gasteiger partial charge in [-0.2, -0.15) is 0 Å². The second-order valence-electron chi connectivity index (χ2n) is 9.42. The van der Waals surface area contributed by atoms with Gasteiger partial charge in [-0.15, -0.1) is 0 Å². The van der Waals surface area contributed by atoms with E-state index in [-0.39, 0.29) is 11.3 Å². The normalized spacial score (nSPS) is 18.1. The second kappa shape index (κ2) is 10.1. The van der Waals surface area contributed by atoms with Gasteiger partial charge in [0.2, 0.25) is 0 Å². The fourth-order valence-electron chi connectivity index (χ4n) is 4.81. The first kappa shape index (κ1) is 24.9. The summed E-state index contributed by atoms with van der Waals surface area (Å²) in [5.74, 6) is -0.209. The number of aliphatic hydroxyl groups excluding tert-OH is 1. The van der Waals surface area contributed by atoms with Gasteiger partial charge in [-0.05, 0) is 66.9 Å². The lowest BCUT2D eigenvalue weighted by molar-refractivity contribution is -0.132. The first-order valence-electron chi connectivity index (χ1n) is 12.8. The van der Waals surface area contributed by atoms with E-state index in [0.29, 0.717) is 53.3 Å². The molecule has 1 N–H and O–H groups in total. The van der Waals surface area contributed by atoms with E-state index in [9.17, 15) is 14.7 Å². The zero-order valence-corrected chi connectivity index (χ0v) is 22.3. The molecular formula is C30H26N2O6S. The van der Waals surface area contributed by atoms with E-state index in [1.165, 1.54) is 16.2 Å². The standard InChI is InChI=1S/C30H26N2O6S/c1-3-11-36-20-6-4-5-18(15-20)26-25(27(33)19-8-10-22-23(16-19)38-13-12-37-22)28(34)29(35)32(26)30-31-21-9-7-17(2)14-24(21)39-30/h4-10,14-16,26,33H,3,11-13H2,1-2H3/t26-/m1/s1. The summed E-state index contributed by atoms with van der Waals surface area (Å²) in [7, 11) is 0. The van der Waals surface area contributed by atoms with Gasteiger partial charge in [-0.1, -0.05) is 36.5 Å². The molecule has 4 aromatic rings. The number of thiazole rings is 1. The molecule has 8 nitrogen and oxygen atoms in total. The summed E-state index contributed by atoms with van der Waals surface area (Å²) in [6, 6.07) is 17.1. The molecule has 1 amide bonds. The van der Waals surface area contributed by atoms with Crippen molar-refractivity contribution in [3.05, 3.63) is 82.9 Å². The van der Waals surface area contributed by atoms with Crippen LogP contribution in [0.2, 0.25) is 0 Å². The predicted molar refractivity (Wildman–Crippen MR) is 149 cm³/mol. The van der Waals surface area contributed by atoms with E-state index in [1.807, 2.05) is 50.2 Å². The quantitative estimate of drug-likeness (QED) is 0.187. The van der Waals surface area contributed by atoms with Crippen LogP contribution < -0.4 is 19.1 Å². The highest BCUT2D eigenvalue weighted by Gasteiger charge is 2.48. The third-order valence-corrected chi connectivity index (χ3v) is 7.66. The molecule has 1 fully saturated rings. The van der Waals surface area contributed by atoms with Crippen LogP contribution >= 0.6 is 11.3 Å². The van der Waals surface area contributed by atoms with Crippen molar-refractivity contribution in [3.8, 4) is 17.2 Å². The third-order valence-electron chi connectivity index (χ3n) is 6.65. The highest BCUT2D eigenvalue weighted by Crippen LogP contribution is 2.45. The molecule has 3 heterocycles. The molecule has 0 spiro atoms. The van der Waals surface area contributed by atoms with Crippen molar-refractivity contribution in [2.24, 2.45) is 0 Å². The number of carbonyl (C=O) groups excluding carboxylic acids is 2. The lowest BCUT2D eigenvalue weighted by Gasteiger charge is -2.23. The second-order valence-corrected chi connectivity index (χ2v) is 10.4. The lowest BCUT2D eigenvalue weighted by atomic mass is 9.95. The number of rotatable bonds is 6. The van der Waals surface area contributed by atoms with Gasteiger partial charge in [0.1, 0.15) is 24.7 Å². The number of aromatic nitrogens is 1. The molecule has 2 aliphatic rings. The van der Waals surface area contributed by atoms with Crippen molar-refractivity contribution in [1.82, 2.24) is 4.98 Å². The Kier molecular flexibility index (Phi) is 6.44. The Balaban J connectivity index is 1.52. The smallest absolute Gasteiger partial charge is 0.301 e. The summed E-state index contributed by atoms with van der Waals surface area (Å²) < 4.78 is 18.0. The number of hydrogen-bond acceptors (Lipinski definition) is 8. The van der Waals surface area contributed by atoms with Crippen LogP contribution in [0.15, 0.2) is 66.2 Å². The molecule has 0 unspecified atom stereocenters. The fraction of sp³-hybridized carbons (Fsp3) is 0.233. The van der Waals surface area contributed by atoms with Crippen LogP contribution in [-0.2, 0) is 9.59 Å². The molecule has 198 valence electrons. The molecule has 1 saturated heterocycles. The number of ether oxygens (including phenoxy) is 3. The first-order chi connectivity index (χ1) is 18.9. The van der Waals surface area contributed by atoms with Crippen LogP contribution in [0.5, 0.6) is 17.2 Å². The Morgan fingerprint density at radius 3 is 2.72 bits per heavy atom. The first-order valence-corrected chi connectivity index (χ1v) is 13.6. The number of hydrogen-bond donors (Lipinski definition) is 1. The van der Waals surface area contributed by atoms with Crippen LogP contribution in [0.25, 0.3) is 16.0 Å². The molecule has 1 atom stereocenters. The predicted octanol–water partition coefficient (Wildman–Crippen LogP) is 5.79. The van der Waals surface area contributed by atoms with Crippen molar-refractivity contribution in [3.63, 3.8) is 0 Å². The number of aryl methyl sites for hydroxylation is 1. The molecule has 2 aliphatic heterocycles. The molecular weight excluding hydrogens is 516 g/mol. The van der Waals surface area contributed by atoms with Gasteiger partial charge >= 0.3 is 5.91 Å². The highest BCUT2D eigenvalue weighted by atomic mass is 32.1. The molecule has 39 heavy (non-hydrogen) atoms. The zero-order chi connectivity index (χ0) is 27.1. The molecule has 0 radical (unpaired) electrons. The number of ketones is 1. The molecule has 9 heteroatoms. The summed E-state index contributed by atoms with van der Waals surface area (Å²) in [4.78, 5) is 33.2. The number of Topliss-reactive ketones (excluding diaryl/α,β-unsaturated/α-hetero) is 1. The molecule has 6 rings (SSSR count). The number of nitrogens with zero attached hydrogens (tertiary/aromatic N) is 2. The molecule has 3 aromatic carbocycles. The minimum atomic E-state index is -0.912. The van der Waals surface area contributed by atoms with Crippen molar-refractivity contribution in [2.75, 3.05) is 24.7 Å². The van der Waals surface area contributed by atoms with Crippen molar-refractivity contribution >= 4 is 44.1 Å². The van der Waals surface area contributed by atoms with Gasteiger partial charge < -0.3 is 19.3 Å². The van der Waals surface area contributed by atoms with E-state index in [4.69, 9.17) is 19.2 Å². The van der Waals surface area contributed by atoms with Gasteiger partial charge in [-0.3, -0.25) is 14.5 Å². The highest BCUT2D eigenvalue weighted by molar-refractivity contribution is 7.22. The summed E-state index contributed by atoms with van der Waals surface area (Å²) in [5.41, 5.74) is 2.74. The minimum absolute atomic E-state index is 0.0280. The van der Waals surface area contributed by atoms with Gasteiger partial charge in [-0.25, -0.2) is 4.98 Å². The average molecular weight is 543 g/mol. The molecule has 0 saturated carbocycles. The maximum absolute atomic E-state index is 13.6. The van der Waals surface area contributed by atoms with E-state index >= 15 is 0 Å². The van der Waals surface area contributed by atoms with Crippen molar-refractivity contribution < 1.29 is 28.9 Å². The maximum Gasteiger partial charge on any atom is 0.301 e. The monoisotopic (exact) mass is 542 g/mol. The van der Waals surface area contributed by atoms with Crippen LogP contribution in [-0.4, -0.2) is 41.6 Å². The lowest BCUT2D eigenvalue weighted by Crippen LogP contribution is -2.29. The molecule has 1 aromatic heterocycles. The number of benzene rings is 3. The van der Waals surface area contributed by atoms with E-state index in [0.717, 1.165) is 22.2 Å². The van der Waals surface area contributed by atoms with Gasteiger partial charge in [0.25, 0.3) is 5.78 Å². The minimum Gasteiger partial charge on any atom is -0.507 e. The Hall–Kier alpha value is -4.37. The summed E-state index contributed by atoms with van der Waals surface area (Å²) >= 11 is 1.33.